The Labute approximate surface area is 137 Å². The molecule has 2 aliphatic rings. The minimum absolute atomic E-state index is 0.0272. The first-order chi connectivity index (χ1) is 11.1. The van der Waals surface area contributed by atoms with Gasteiger partial charge in [-0.25, -0.2) is 0 Å². The molecule has 23 heavy (non-hydrogen) atoms. The molecule has 4 nitrogen and oxygen atoms in total. The number of amides is 1. The SMILES string of the molecule is CC1CC1C(=O)OCC(=O)N1CCC(Cc2ccccc2)CC1. The Kier molecular flexibility index (Phi) is 4.99. The Bertz CT molecular complexity index is 549. The molecule has 1 aromatic carbocycles. The molecule has 0 spiro atoms. The molecule has 0 radical (unpaired) electrons. The summed E-state index contributed by atoms with van der Waals surface area (Å²) in [6.45, 7) is 3.48. The molecule has 4 heteroatoms. The number of likely N-dealkylation sites (tertiary alicyclic amines) is 1. The Morgan fingerprint density at radius 1 is 1.17 bits per heavy atom. The minimum atomic E-state index is -0.204. The highest BCUT2D eigenvalue weighted by molar-refractivity contribution is 5.82. The molecule has 1 aliphatic heterocycles. The van der Waals surface area contributed by atoms with E-state index in [4.69, 9.17) is 4.74 Å². The normalized spacial score (nSPS) is 24.3. The van der Waals surface area contributed by atoms with Crippen LogP contribution >= 0.6 is 0 Å². The second kappa shape index (κ2) is 7.16. The Morgan fingerprint density at radius 2 is 1.83 bits per heavy atom. The minimum Gasteiger partial charge on any atom is -0.455 e. The van der Waals surface area contributed by atoms with Crippen molar-refractivity contribution in [1.82, 2.24) is 4.90 Å². The zero-order chi connectivity index (χ0) is 16.2. The van der Waals surface area contributed by atoms with E-state index in [1.807, 2.05) is 17.9 Å². The summed E-state index contributed by atoms with van der Waals surface area (Å²) in [6, 6.07) is 10.5. The van der Waals surface area contributed by atoms with E-state index in [0.29, 0.717) is 11.8 Å². The van der Waals surface area contributed by atoms with Gasteiger partial charge in [0.15, 0.2) is 6.61 Å². The Morgan fingerprint density at radius 3 is 2.43 bits per heavy atom. The van der Waals surface area contributed by atoms with E-state index < -0.39 is 0 Å². The molecule has 0 aromatic heterocycles. The van der Waals surface area contributed by atoms with Gasteiger partial charge in [0.2, 0.25) is 0 Å². The molecule has 1 amide bonds. The third-order valence-electron chi connectivity index (χ3n) is 5.08. The van der Waals surface area contributed by atoms with Crippen molar-refractivity contribution in [3.8, 4) is 0 Å². The molecule has 0 N–H and O–H groups in total. The fourth-order valence-corrected chi connectivity index (χ4v) is 3.32. The molecular weight excluding hydrogens is 290 g/mol. The summed E-state index contributed by atoms with van der Waals surface area (Å²) < 4.78 is 5.14. The molecule has 1 heterocycles. The van der Waals surface area contributed by atoms with Crippen molar-refractivity contribution in [1.29, 1.82) is 0 Å². The van der Waals surface area contributed by atoms with E-state index in [0.717, 1.165) is 38.8 Å². The number of benzene rings is 1. The van der Waals surface area contributed by atoms with E-state index in [9.17, 15) is 9.59 Å². The number of nitrogens with zero attached hydrogens (tertiary/aromatic N) is 1. The van der Waals surface area contributed by atoms with Crippen LogP contribution in [0.4, 0.5) is 0 Å². The maximum atomic E-state index is 12.1. The zero-order valence-corrected chi connectivity index (χ0v) is 13.7. The average molecular weight is 315 g/mol. The van der Waals surface area contributed by atoms with Gasteiger partial charge in [-0.2, -0.15) is 0 Å². The van der Waals surface area contributed by atoms with Gasteiger partial charge in [-0.15, -0.1) is 0 Å². The van der Waals surface area contributed by atoms with Crippen LogP contribution in [0.1, 0.15) is 31.7 Å². The van der Waals surface area contributed by atoms with Crippen LogP contribution in [-0.4, -0.2) is 36.5 Å². The Hall–Kier alpha value is -1.84. The number of esters is 1. The second-order valence-electron chi connectivity index (χ2n) is 6.94. The number of hydrogen-bond donors (Lipinski definition) is 0. The fraction of sp³-hybridized carbons (Fsp3) is 0.579. The van der Waals surface area contributed by atoms with Gasteiger partial charge in [-0.1, -0.05) is 37.3 Å². The van der Waals surface area contributed by atoms with Gasteiger partial charge < -0.3 is 9.64 Å². The molecule has 2 atom stereocenters. The lowest BCUT2D eigenvalue weighted by Gasteiger charge is -2.32. The maximum absolute atomic E-state index is 12.1. The highest BCUT2D eigenvalue weighted by atomic mass is 16.5. The molecule has 2 unspecified atom stereocenters. The third-order valence-corrected chi connectivity index (χ3v) is 5.08. The van der Waals surface area contributed by atoms with Gasteiger partial charge in [0.25, 0.3) is 5.91 Å². The van der Waals surface area contributed by atoms with Crippen LogP contribution in [0.3, 0.4) is 0 Å². The van der Waals surface area contributed by atoms with Gasteiger partial charge in [0, 0.05) is 13.1 Å². The first kappa shape index (κ1) is 16.0. The number of hydrogen-bond acceptors (Lipinski definition) is 3. The monoisotopic (exact) mass is 315 g/mol. The highest BCUT2D eigenvalue weighted by Gasteiger charge is 2.40. The quantitative estimate of drug-likeness (QED) is 0.785. The summed E-state index contributed by atoms with van der Waals surface area (Å²) >= 11 is 0. The first-order valence-electron chi connectivity index (χ1n) is 8.62. The van der Waals surface area contributed by atoms with E-state index in [-0.39, 0.29) is 24.4 Å². The van der Waals surface area contributed by atoms with Gasteiger partial charge >= 0.3 is 5.97 Å². The standard InChI is InChI=1S/C19H25NO3/c1-14-11-17(14)19(22)23-13-18(21)20-9-7-16(8-10-20)12-15-5-3-2-4-6-15/h2-6,14,16-17H,7-13H2,1H3. The third kappa shape index (κ3) is 4.34. The largest absolute Gasteiger partial charge is 0.455 e. The predicted octanol–water partition coefficient (Wildman–Crippen LogP) is 2.67. The fourth-order valence-electron chi connectivity index (χ4n) is 3.32. The van der Waals surface area contributed by atoms with E-state index in [1.54, 1.807) is 0 Å². The average Bonchev–Trinajstić information content (AvgIpc) is 3.31. The molecule has 2 fully saturated rings. The number of piperidine rings is 1. The summed E-state index contributed by atoms with van der Waals surface area (Å²) in [7, 11) is 0. The summed E-state index contributed by atoms with van der Waals surface area (Å²) in [5.41, 5.74) is 1.37. The zero-order valence-electron chi connectivity index (χ0n) is 13.7. The lowest BCUT2D eigenvalue weighted by molar-refractivity contribution is -0.153. The van der Waals surface area contributed by atoms with Crippen molar-refractivity contribution in [3.05, 3.63) is 35.9 Å². The maximum Gasteiger partial charge on any atom is 0.309 e. The van der Waals surface area contributed by atoms with Crippen LogP contribution in [0, 0.1) is 17.8 Å². The van der Waals surface area contributed by atoms with Crippen LogP contribution in [0.25, 0.3) is 0 Å². The summed E-state index contributed by atoms with van der Waals surface area (Å²) in [5.74, 6) is 0.830. The molecule has 1 aliphatic carbocycles. The second-order valence-corrected chi connectivity index (χ2v) is 6.94. The van der Waals surface area contributed by atoms with Crippen LogP contribution < -0.4 is 0 Å². The molecule has 0 bridgehead atoms. The van der Waals surface area contributed by atoms with E-state index in [1.165, 1.54) is 5.56 Å². The van der Waals surface area contributed by atoms with Crippen molar-refractivity contribution in [2.24, 2.45) is 17.8 Å². The van der Waals surface area contributed by atoms with Crippen LogP contribution in [0.15, 0.2) is 30.3 Å². The van der Waals surface area contributed by atoms with Gasteiger partial charge in [-0.05, 0) is 43.1 Å². The topological polar surface area (TPSA) is 46.6 Å². The first-order valence-corrected chi connectivity index (χ1v) is 8.62. The molecule has 124 valence electrons. The van der Waals surface area contributed by atoms with E-state index in [2.05, 4.69) is 24.3 Å². The van der Waals surface area contributed by atoms with Gasteiger partial charge in [0.05, 0.1) is 5.92 Å². The molecule has 3 rings (SSSR count). The van der Waals surface area contributed by atoms with Crippen molar-refractivity contribution in [2.45, 2.75) is 32.6 Å². The Balaban J connectivity index is 1.38. The van der Waals surface area contributed by atoms with Gasteiger partial charge in [0.1, 0.15) is 0 Å². The molecule has 1 aromatic rings. The summed E-state index contributed by atoms with van der Waals surface area (Å²) in [5, 5.41) is 0. The number of carbonyl (C=O) groups excluding carboxylic acids is 2. The molecule has 1 saturated heterocycles. The van der Waals surface area contributed by atoms with Crippen LogP contribution in [0.2, 0.25) is 0 Å². The lowest BCUT2D eigenvalue weighted by atomic mass is 9.90. The van der Waals surface area contributed by atoms with Crippen LogP contribution in [-0.2, 0) is 20.7 Å². The number of ether oxygens (including phenoxy) is 1. The van der Waals surface area contributed by atoms with E-state index >= 15 is 0 Å². The number of rotatable bonds is 5. The van der Waals surface area contributed by atoms with Crippen molar-refractivity contribution < 1.29 is 14.3 Å². The smallest absolute Gasteiger partial charge is 0.309 e. The van der Waals surface area contributed by atoms with Crippen molar-refractivity contribution in [2.75, 3.05) is 19.7 Å². The summed E-state index contributed by atoms with van der Waals surface area (Å²) in [6.07, 6.45) is 4.03. The predicted molar refractivity (Wildman–Crippen MR) is 87.7 cm³/mol. The van der Waals surface area contributed by atoms with Gasteiger partial charge in [-0.3, -0.25) is 9.59 Å². The lowest BCUT2D eigenvalue weighted by Crippen LogP contribution is -2.41. The van der Waals surface area contributed by atoms with Crippen molar-refractivity contribution in [3.63, 3.8) is 0 Å². The van der Waals surface area contributed by atoms with Crippen LogP contribution in [0.5, 0.6) is 0 Å². The summed E-state index contributed by atoms with van der Waals surface area (Å²) in [4.78, 5) is 25.6. The molecule has 1 saturated carbocycles. The van der Waals surface area contributed by atoms with Crippen molar-refractivity contribution >= 4 is 11.9 Å². The highest BCUT2D eigenvalue weighted by Crippen LogP contribution is 2.38. The molecular formula is C19H25NO3. The number of carbonyl (C=O) groups is 2.